The first kappa shape index (κ1) is 15.8. The fraction of sp³-hybridized carbons (Fsp3) is 0.733. The molecule has 0 amide bonds. The monoisotopic (exact) mass is 294 g/mol. The van der Waals surface area contributed by atoms with Gasteiger partial charge in [0, 0.05) is 32.7 Å². The minimum absolute atomic E-state index is 0.475. The molecule has 1 saturated heterocycles. The Labute approximate surface area is 126 Å². The van der Waals surface area contributed by atoms with Crippen LogP contribution in [0.2, 0.25) is 0 Å². The van der Waals surface area contributed by atoms with Crippen LogP contribution in [0.25, 0.3) is 0 Å². The summed E-state index contributed by atoms with van der Waals surface area (Å²) in [4.78, 5) is 11.3. The number of nitrogens with one attached hydrogen (secondary N) is 1. The number of oxazole rings is 1. The number of aliphatic imine (C=N–C) groups is 1. The van der Waals surface area contributed by atoms with E-state index in [1.165, 1.54) is 0 Å². The van der Waals surface area contributed by atoms with Gasteiger partial charge in [0.25, 0.3) is 0 Å². The topological polar surface area (TPSA) is 62.9 Å². The molecule has 2 rings (SSSR count). The molecule has 0 saturated carbocycles. The third-order valence-corrected chi connectivity index (χ3v) is 3.76. The van der Waals surface area contributed by atoms with E-state index in [2.05, 4.69) is 27.1 Å². The number of rotatable bonds is 5. The molecule has 118 valence electrons. The van der Waals surface area contributed by atoms with Gasteiger partial charge >= 0.3 is 0 Å². The molecule has 21 heavy (non-hydrogen) atoms. The quantitative estimate of drug-likeness (QED) is 0.662. The van der Waals surface area contributed by atoms with Crippen molar-refractivity contribution in [3.05, 3.63) is 17.3 Å². The molecule has 1 aliphatic heterocycles. The smallest absolute Gasteiger partial charge is 0.216 e. The number of methoxy groups -OCH3 is 1. The summed E-state index contributed by atoms with van der Waals surface area (Å²) in [5.41, 5.74) is 0.937. The number of ether oxygens (including phenoxy) is 1. The molecule has 1 fully saturated rings. The standard InChI is InChI=1S/C15H26N4O2/c1-5-16-15(19-7-6-13(9-19)10-20-4)17-8-14-18-11(2)12(3)21-14/h13H,5-10H2,1-4H3,(H,16,17). The lowest BCUT2D eigenvalue weighted by Crippen LogP contribution is -2.40. The molecule has 0 spiro atoms. The van der Waals surface area contributed by atoms with E-state index in [1.54, 1.807) is 7.11 Å². The summed E-state index contributed by atoms with van der Waals surface area (Å²) < 4.78 is 10.8. The van der Waals surface area contributed by atoms with Crippen LogP contribution in [0.4, 0.5) is 0 Å². The largest absolute Gasteiger partial charge is 0.444 e. The fourth-order valence-corrected chi connectivity index (χ4v) is 2.57. The minimum Gasteiger partial charge on any atom is -0.444 e. The number of likely N-dealkylation sites (tertiary alicyclic amines) is 1. The normalized spacial score (nSPS) is 19.3. The molecule has 1 unspecified atom stereocenters. The molecule has 1 aromatic rings. The molecule has 0 aliphatic carbocycles. The summed E-state index contributed by atoms with van der Waals surface area (Å²) in [5.74, 6) is 3.06. The second kappa shape index (κ2) is 7.45. The van der Waals surface area contributed by atoms with E-state index in [1.807, 2.05) is 13.8 Å². The van der Waals surface area contributed by atoms with Crippen molar-refractivity contribution in [2.75, 3.05) is 33.4 Å². The molecule has 1 aliphatic rings. The molecule has 0 bridgehead atoms. The minimum atomic E-state index is 0.475. The van der Waals surface area contributed by atoms with Gasteiger partial charge in [0.2, 0.25) is 5.89 Å². The van der Waals surface area contributed by atoms with Crippen molar-refractivity contribution in [1.82, 2.24) is 15.2 Å². The molecule has 0 radical (unpaired) electrons. The first-order valence-corrected chi connectivity index (χ1v) is 7.59. The van der Waals surface area contributed by atoms with Gasteiger partial charge in [0.1, 0.15) is 12.3 Å². The molecule has 1 atom stereocenters. The van der Waals surface area contributed by atoms with Gasteiger partial charge in [0.15, 0.2) is 5.96 Å². The first-order valence-electron chi connectivity index (χ1n) is 7.59. The summed E-state index contributed by atoms with van der Waals surface area (Å²) in [5, 5.41) is 3.34. The van der Waals surface area contributed by atoms with Crippen molar-refractivity contribution in [3.63, 3.8) is 0 Å². The summed E-state index contributed by atoms with van der Waals surface area (Å²) in [7, 11) is 1.76. The zero-order valence-corrected chi connectivity index (χ0v) is 13.5. The second-order valence-corrected chi connectivity index (χ2v) is 5.48. The van der Waals surface area contributed by atoms with E-state index >= 15 is 0 Å². The number of aryl methyl sites for hydroxylation is 2. The van der Waals surface area contributed by atoms with Gasteiger partial charge in [-0.1, -0.05) is 0 Å². The second-order valence-electron chi connectivity index (χ2n) is 5.48. The van der Waals surface area contributed by atoms with Crippen LogP contribution in [0.3, 0.4) is 0 Å². The van der Waals surface area contributed by atoms with Crippen molar-refractivity contribution in [1.29, 1.82) is 0 Å². The van der Waals surface area contributed by atoms with E-state index in [0.29, 0.717) is 18.4 Å². The van der Waals surface area contributed by atoms with Crippen LogP contribution >= 0.6 is 0 Å². The molecule has 6 heteroatoms. The molecule has 1 N–H and O–H groups in total. The molecule has 0 aromatic carbocycles. The van der Waals surface area contributed by atoms with Gasteiger partial charge in [-0.25, -0.2) is 9.98 Å². The highest BCUT2D eigenvalue weighted by atomic mass is 16.5. The maximum Gasteiger partial charge on any atom is 0.216 e. The SMILES string of the molecule is CCNC(=NCc1nc(C)c(C)o1)N1CCC(COC)C1. The number of aromatic nitrogens is 1. The van der Waals surface area contributed by atoms with Gasteiger partial charge < -0.3 is 19.4 Å². The molecular formula is C15H26N4O2. The van der Waals surface area contributed by atoms with Crippen LogP contribution in [0.5, 0.6) is 0 Å². The average molecular weight is 294 g/mol. The van der Waals surface area contributed by atoms with E-state index < -0.39 is 0 Å². The van der Waals surface area contributed by atoms with Gasteiger partial charge in [-0.3, -0.25) is 0 Å². The van der Waals surface area contributed by atoms with E-state index in [-0.39, 0.29) is 0 Å². The van der Waals surface area contributed by atoms with E-state index in [4.69, 9.17) is 9.15 Å². The number of hydrogen-bond acceptors (Lipinski definition) is 4. The summed E-state index contributed by atoms with van der Waals surface area (Å²) in [6.45, 7) is 10.1. The van der Waals surface area contributed by atoms with Crippen molar-refractivity contribution in [3.8, 4) is 0 Å². The fourth-order valence-electron chi connectivity index (χ4n) is 2.57. The highest BCUT2D eigenvalue weighted by Gasteiger charge is 2.24. The molecule has 1 aromatic heterocycles. The zero-order valence-electron chi connectivity index (χ0n) is 13.5. The summed E-state index contributed by atoms with van der Waals surface area (Å²) in [6.07, 6.45) is 1.15. The zero-order chi connectivity index (χ0) is 15.2. The third-order valence-electron chi connectivity index (χ3n) is 3.76. The van der Waals surface area contributed by atoms with Crippen LogP contribution in [0.15, 0.2) is 9.41 Å². The number of hydrogen-bond donors (Lipinski definition) is 1. The Hall–Kier alpha value is -1.56. The maximum absolute atomic E-state index is 5.58. The van der Waals surface area contributed by atoms with Crippen LogP contribution in [-0.2, 0) is 11.3 Å². The average Bonchev–Trinajstić information content (AvgIpc) is 3.03. The Bertz CT molecular complexity index is 465. The highest BCUT2D eigenvalue weighted by Crippen LogP contribution is 2.17. The Balaban J connectivity index is 1.99. The third kappa shape index (κ3) is 4.20. The Morgan fingerprint density at radius 2 is 2.33 bits per heavy atom. The Kier molecular flexibility index (Phi) is 5.61. The predicted molar refractivity (Wildman–Crippen MR) is 82.3 cm³/mol. The van der Waals surface area contributed by atoms with Crippen molar-refractivity contribution in [2.45, 2.75) is 33.7 Å². The van der Waals surface area contributed by atoms with Gasteiger partial charge in [-0.05, 0) is 27.2 Å². The maximum atomic E-state index is 5.58. The summed E-state index contributed by atoms with van der Waals surface area (Å²) >= 11 is 0. The Morgan fingerprint density at radius 1 is 1.52 bits per heavy atom. The summed E-state index contributed by atoms with van der Waals surface area (Å²) in [6, 6.07) is 0. The predicted octanol–water partition coefficient (Wildman–Crippen LogP) is 1.73. The van der Waals surface area contributed by atoms with Crippen molar-refractivity contribution in [2.24, 2.45) is 10.9 Å². The van der Waals surface area contributed by atoms with Crippen molar-refractivity contribution >= 4 is 5.96 Å². The van der Waals surface area contributed by atoms with Crippen LogP contribution in [0, 0.1) is 19.8 Å². The highest BCUT2D eigenvalue weighted by molar-refractivity contribution is 5.80. The van der Waals surface area contributed by atoms with Crippen LogP contribution < -0.4 is 5.32 Å². The van der Waals surface area contributed by atoms with Crippen LogP contribution in [0.1, 0.15) is 30.7 Å². The van der Waals surface area contributed by atoms with Crippen LogP contribution in [-0.4, -0.2) is 49.2 Å². The lowest BCUT2D eigenvalue weighted by atomic mass is 10.1. The molecular weight excluding hydrogens is 268 g/mol. The lowest BCUT2D eigenvalue weighted by molar-refractivity contribution is 0.157. The van der Waals surface area contributed by atoms with Gasteiger partial charge in [-0.2, -0.15) is 0 Å². The van der Waals surface area contributed by atoms with E-state index in [9.17, 15) is 0 Å². The van der Waals surface area contributed by atoms with E-state index in [0.717, 1.165) is 50.1 Å². The molecule has 6 nitrogen and oxygen atoms in total. The van der Waals surface area contributed by atoms with Gasteiger partial charge in [0.05, 0.1) is 12.3 Å². The number of guanidine groups is 1. The van der Waals surface area contributed by atoms with Gasteiger partial charge in [-0.15, -0.1) is 0 Å². The number of nitrogens with zero attached hydrogens (tertiary/aromatic N) is 3. The lowest BCUT2D eigenvalue weighted by Gasteiger charge is -2.21. The van der Waals surface area contributed by atoms with Crippen molar-refractivity contribution < 1.29 is 9.15 Å². The Morgan fingerprint density at radius 3 is 2.95 bits per heavy atom. The first-order chi connectivity index (χ1) is 10.1. The molecule has 2 heterocycles.